The minimum atomic E-state index is -0.228. The third kappa shape index (κ3) is 3.21. The fraction of sp³-hybridized carbons (Fsp3) is 0.269. The summed E-state index contributed by atoms with van der Waals surface area (Å²) in [6.07, 6.45) is 1.72. The predicted octanol–water partition coefficient (Wildman–Crippen LogP) is 5.65. The minimum absolute atomic E-state index is 0.0750. The van der Waals surface area contributed by atoms with E-state index in [1.54, 1.807) is 0 Å². The molecule has 0 saturated carbocycles. The molecule has 3 aromatic rings. The van der Waals surface area contributed by atoms with Crippen LogP contribution in [-0.4, -0.2) is 24.3 Å². The van der Waals surface area contributed by atoms with Gasteiger partial charge in [0.05, 0.1) is 6.04 Å². The molecule has 0 N–H and O–H groups in total. The van der Waals surface area contributed by atoms with Gasteiger partial charge < -0.3 is 19.1 Å². The van der Waals surface area contributed by atoms with E-state index in [1.807, 2.05) is 47.4 Å². The van der Waals surface area contributed by atoms with Crippen LogP contribution in [-0.2, 0) is 11.3 Å². The van der Waals surface area contributed by atoms with Crippen LogP contribution in [0, 0.1) is 0 Å². The molecule has 0 spiro atoms. The summed E-state index contributed by atoms with van der Waals surface area (Å²) in [6.45, 7) is 1.31. The Bertz CT molecular complexity index is 1140. The molecule has 5 heteroatoms. The quantitative estimate of drug-likeness (QED) is 0.556. The van der Waals surface area contributed by atoms with Crippen LogP contribution in [0.15, 0.2) is 66.7 Å². The van der Waals surface area contributed by atoms with E-state index in [-0.39, 0.29) is 18.9 Å². The molecule has 2 heterocycles. The maximum absolute atomic E-state index is 12.9. The molecule has 3 aromatic carbocycles. The Morgan fingerprint density at radius 2 is 1.74 bits per heavy atom. The number of likely N-dealkylation sites (tertiary alicyclic amines) is 1. The van der Waals surface area contributed by atoms with Gasteiger partial charge in [-0.05, 0) is 64.8 Å². The fourth-order valence-electron chi connectivity index (χ4n) is 5.05. The van der Waals surface area contributed by atoms with Gasteiger partial charge in [-0.15, -0.1) is 0 Å². The molecule has 2 aliphatic heterocycles. The fourth-order valence-corrected chi connectivity index (χ4v) is 5.05. The van der Waals surface area contributed by atoms with Crippen molar-refractivity contribution in [2.75, 3.05) is 13.3 Å². The van der Waals surface area contributed by atoms with Crippen molar-refractivity contribution in [1.29, 1.82) is 0 Å². The number of ether oxygens (including phenoxy) is 3. The molecule has 1 aliphatic carbocycles. The third-order valence-corrected chi connectivity index (χ3v) is 6.63. The molecule has 5 nitrogen and oxygen atoms in total. The van der Waals surface area contributed by atoms with Crippen molar-refractivity contribution in [2.45, 2.75) is 31.4 Å². The van der Waals surface area contributed by atoms with Crippen LogP contribution in [0.25, 0.3) is 11.1 Å². The number of nitrogens with zero attached hydrogens (tertiary/aromatic N) is 1. The molecule has 1 saturated heterocycles. The molecule has 6 rings (SSSR count). The van der Waals surface area contributed by atoms with Crippen molar-refractivity contribution < 1.29 is 19.0 Å². The Kier molecular flexibility index (Phi) is 4.34. The van der Waals surface area contributed by atoms with Gasteiger partial charge in [0.25, 0.3) is 0 Å². The van der Waals surface area contributed by atoms with Gasteiger partial charge in [0, 0.05) is 6.54 Å². The maximum Gasteiger partial charge on any atom is 0.410 e. The molecular formula is C26H23NO4. The number of hydrogen-bond acceptors (Lipinski definition) is 4. The van der Waals surface area contributed by atoms with Crippen molar-refractivity contribution >= 4 is 6.09 Å². The van der Waals surface area contributed by atoms with Gasteiger partial charge in [-0.1, -0.05) is 48.5 Å². The highest BCUT2D eigenvalue weighted by molar-refractivity contribution is 5.72. The summed E-state index contributed by atoms with van der Waals surface area (Å²) < 4.78 is 16.6. The Labute approximate surface area is 181 Å². The summed E-state index contributed by atoms with van der Waals surface area (Å²) in [6, 6.07) is 22.6. The number of carbonyl (C=O) groups excluding carboxylic acids is 1. The zero-order chi connectivity index (χ0) is 20.8. The number of rotatable bonds is 3. The van der Waals surface area contributed by atoms with Crippen LogP contribution in [0.5, 0.6) is 11.5 Å². The predicted molar refractivity (Wildman–Crippen MR) is 116 cm³/mol. The summed E-state index contributed by atoms with van der Waals surface area (Å²) in [7, 11) is 0. The number of hydrogen-bond donors (Lipinski definition) is 0. The second-order valence-electron chi connectivity index (χ2n) is 8.38. The van der Waals surface area contributed by atoms with Crippen molar-refractivity contribution in [3.63, 3.8) is 0 Å². The Morgan fingerprint density at radius 1 is 0.935 bits per heavy atom. The Balaban J connectivity index is 1.26. The van der Waals surface area contributed by atoms with E-state index in [0.29, 0.717) is 12.5 Å². The van der Waals surface area contributed by atoms with Crippen LogP contribution in [0.3, 0.4) is 0 Å². The normalized spacial score (nSPS) is 20.5. The minimum Gasteiger partial charge on any atom is -0.454 e. The summed E-state index contributed by atoms with van der Waals surface area (Å²) in [4.78, 5) is 14.8. The number of benzene rings is 3. The second-order valence-corrected chi connectivity index (χ2v) is 8.38. The summed E-state index contributed by atoms with van der Waals surface area (Å²) in [5, 5.41) is 0. The number of piperidine rings is 1. The molecule has 156 valence electrons. The lowest BCUT2D eigenvalue weighted by Gasteiger charge is -2.33. The van der Waals surface area contributed by atoms with E-state index in [9.17, 15) is 4.79 Å². The molecular weight excluding hydrogens is 390 g/mol. The number of carbonyl (C=O) groups is 1. The lowest BCUT2D eigenvalue weighted by atomic mass is 9.95. The van der Waals surface area contributed by atoms with Crippen molar-refractivity contribution in [1.82, 2.24) is 4.90 Å². The van der Waals surface area contributed by atoms with E-state index < -0.39 is 0 Å². The van der Waals surface area contributed by atoms with Gasteiger partial charge in [0.2, 0.25) is 6.79 Å². The van der Waals surface area contributed by atoms with Gasteiger partial charge >= 0.3 is 6.09 Å². The molecule has 3 aliphatic rings. The van der Waals surface area contributed by atoms with E-state index in [0.717, 1.165) is 47.6 Å². The van der Waals surface area contributed by atoms with Crippen molar-refractivity contribution in [3.8, 4) is 22.6 Å². The first-order valence-corrected chi connectivity index (χ1v) is 10.8. The first-order valence-electron chi connectivity index (χ1n) is 10.8. The SMILES string of the molecule is O=C(OCc1ccccc1)N1CCC2C[C@@H]1c1cc(-c3ccc4c(c3)OCO4)ccc12. The standard InChI is InChI=1S/C26H23NO4/c28-26(29-15-17-4-2-1-3-5-17)27-11-10-20-13-23(27)22-12-18(6-8-21(20)22)19-7-9-24-25(14-19)31-16-30-24/h1-9,12,14,20,23H,10-11,13,15-16H2/t20?,23-/m1/s1. The maximum atomic E-state index is 12.9. The van der Waals surface area contributed by atoms with Gasteiger partial charge in [-0.2, -0.15) is 0 Å². The summed E-state index contributed by atoms with van der Waals surface area (Å²) >= 11 is 0. The zero-order valence-electron chi connectivity index (χ0n) is 17.1. The first kappa shape index (κ1) is 18.3. The van der Waals surface area contributed by atoms with E-state index >= 15 is 0 Å². The lowest BCUT2D eigenvalue weighted by molar-refractivity contribution is 0.0694. The first-order chi connectivity index (χ1) is 15.3. The van der Waals surface area contributed by atoms with Gasteiger partial charge in [0.1, 0.15) is 6.61 Å². The smallest absolute Gasteiger partial charge is 0.410 e. The van der Waals surface area contributed by atoms with Crippen molar-refractivity contribution in [3.05, 3.63) is 83.4 Å². The van der Waals surface area contributed by atoms with Crippen LogP contribution < -0.4 is 9.47 Å². The largest absolute Gasteiger partial charge is 0.454 e. The van der Waals surface area contributed by atoms with Gasteiger partial charge in [-0.25, -0.2) is 4.79 Å². The summed E-state index contributed by atoms with van der Waals surface area (Å²) in [5.74, 6) is 2.08. The van der Waals surface area contributed by atoms with Gasteiger partial charge in [0.15, 0.2) is 11.5 Å². The van der Waals surface area contributed by atoms with Crippen LogP contribution in [0.2, 0.25) is 0 Å². The topological polar surface area (TPSA) is 48.0 Å². The highest BCUT2D eigenvalue weighted by Crippen LogP contribution is 2.50. The molecule has 1 fully saturated rings. The van der Waals surface area contributed by atoms with Crippen LogP contribution in [0.4, 0.5) is 4.79 Å². The van der Waals surface area contributed by atoms with E-state index in [4.69, 9.17) is 14.2 Å². The summed E-state index contributed by atoms with van der Waals surface area (Å²) in [5.41, 5.74) is 5.83. The number of amides is 1. The average molecular weight is 413 g/mol. The Morgan fingerprint density at radius 3 is 2.65 bits per heavy atom. The zero-order valence-corrected chi connectivity index (χ0v) is 17.1. The van der Waals surface area contributed by atoms with Gasteiger partial charge in [-0.3, -0.25) is 0 Å². The second kappa shape index (κ2) is 7.34. The lowest BCUT2D eigenvalue weighted by Crippen LogP contribution is -2.37. The Hall–Kier alpha value is -3.47. The molecule has 1 amide bonds. The van der Waals surface area contributed by atoms with Crippen LogP contribution >= 0.6 is 0 Å². The van der Waals surface area contributed by atoms with Crippen molar-refractivity contribution in [2.24, 2.45) is 0 Å². The van der Waals surface area contributed by atoms with E-state index in [2.05, 4.69) is 24.3 Å². The molecule has 2 bridgehead atoms. The highest BCUT2D eigenvalue weighted by atomic mass is 16.7. The molecule has 0 radical (unpaired) electrons. The molecule has 1 unspecified atom stereocenters. The monoisotopic (exact) mass is 413 g/mol. The number of fused-ring (bicyclic) bond motifs is 6. The average Bonchev–Trinajstić information content (AvgIpc) is 3.40. The highest BCUT2D eigenvalue weighted by Gasteiger charge is 2.41. The molecule has 0 aromatic heterocycles. The van der Waals surface area contributed by atoms with E-state index in [1.165, 1.54) is 11.1 Å². The molecule has 2 atom stereocenters. The van der Waals surface area contributed by atoms with Crippen LogP contribution in [0.1, 0.15) is 41.5 Å². The third-order valence-electron chi connectivity index (χ3n) is 6.63. The molecule has 31 heavy (non-hydrogen) atoms.